The lowest BCUT2D eigenvalue weighted by molar-refractivity contribution is -0.123. The van der Waals surface area contributed by atoms with Crippen molar-refractivity contribution < 1.29 is 4.79 Å². The van der Waals surface area contributed by atoms with Crippen LogP contribution < -0.4 is 10.6 Å². The van der Waals surface area contributed by atoms with Gasteiger partial charge in [-0.05, 0) is 51.0 Å². The van der Waals surface area contributed by atoms with Gasteiger partial charge in [0.05, 0.1) is 6.54 Å². The second-order valence-electron chi connectivity index (χ2n) is 7.66. The minimum absolute atomic E-state index is 0.247. The van der Waals surface area contributed by atoms with E-state index in [2.05, 4.69) is 15.5 Å². The fourth-order valence-electron chi connectivity index (χ4n) is 3.85. The van der Waals surface area contributed by atoms with Crippen molar-refractivity contribution >= 4 is 5.91 Å². The third kappa shape index (κ3) is 5.54. The van der Waals surface area contributed by atoms with E-state index in [4.69, 9.17) is 0 Å². The van der Waals surface area contributed by atoms with Gasteiger partial charge in [-0.3, -0.25) is 9.69 Å². The zero-order valence-electron chi connectivity index (χ0n) is 14.0. The fraction of sp³-hybridized carbons (Fsp3) is 0.944. The molecule has 3 fully saturated rings. The monoisotopic (exact) mass is 307 g/mol. The molecule has 4 heteroatoms. The normalized spacial score (nSPS) is 25.8. The molecule has 0 bridgehead atoms. The third-order valence-corrected chi connectivity index (χ3v) is 5.57. The van der Waals surface area contributed by atoms with Crippen LogP contribution in [0.4, 0.5) is 0 Å². The second-order valence-corrected chi connectivity index (χ2v) is 7.66. The van der Waals surface area contributed by atoms with E-state index in [1.165, 1.54) is 70.8 Å². The van der Waals surface area contributed by atoms with Crippen molar-refractivity contribution in [2.45, 2.75) is 76.3 Å². The molecule has 2 aliphatic carbocycles. The number of hydrogen-bond donors (Lipinski definition) is 2. The molecule has 1 aliphatic heterocycles. The molecule has 2 N–H and O–H groups in total. The average molecular weight is 307 g/mol. The first-order valence-corrected chi connectivity index (χ1v) is 9.55. The SMILES string of the molecule is O=C(CN1CCC(NCC2CC2)CC1)NC1CCCCCC1. The van der Waals surface area contributed by atoms with Crippen molar-refractivity contribution in [3.63, 3.8) is 0 Å². The Kier molecular flexibility index (Phi) is 6.13. The summed E-state index contributed by atoms with van der Waals surface area (Å²) in [7, 11) is 0. The fourth-order valence-corrected chi connectivity index (χ4v) is 3.85. The van der Waals surface area contributed by atoms with E-state index in [1.807, 2.05) is 0 Å². The lowest BCUT2D eigenvalue weighted by Gasteiger charge is -2.32. The summed E-state index contributed by atoms with van der Waals surface area (Å²) < 4.78 is 0. The third-order valence-electron chi connectivity index (χ3n) is 5.57. The molecule has 0 atom stereocenters. The maximum absolute atomic E-state index is 12.2. The Morgan fingerprint density at radius 1 is 0.864 bits per heavy atom. The molecule has 1 saturated heterocycles. The number of carbonyl (C=O) groups excluding carboxylic acids is 1. The number of nitrogens with zero attached hydrogens (tertiary/aromatic N) is 1. The van der Waals surface area contributed by atoms with Gasteiger partial charge in [-0.2, -0.15) is 0 Å². The molecular weight excluding hydrogens is 274 g/mol. The molecule has 126 valence electrons. The topological polar surface area (TPSA) is 44.4 Å². The van der Waals surface area contributed by atoms with Gasteiger partial charge in [0.15, 0.2) is 0 Å². The largest absolute Gasteiger partial charge is 0.352 e. The van der Waals surface area contributed by atoms with E-state index >= 15 is 0 Å². The Hall–Kier alpha value is -0.610. The van der Waals surface area contributed by atoms with Crippen LogP contribution >= 0.6 is 0 Å². The summed E-state index contributed by atoms with van der Waals surface area (Å²) in [5, 5.41) is 6.97. The number of amides is 1. The molecule has 0 aromatic rings. The maximum Gasteiger partial charge on any atom is 0.234 e. The summed E-state index contributed by atoms with van der Waals surface area (Å²) in [6.07, 6.45) is 12.8. The van der Waals surface area contributed by atoms with Gasteiger partial charge in [-0.1, -0.05) is 25.7 Å². The highest BCUT2D eigenvalue weighted by atomic mass is 16.2. The standard InChI is InChI=1S/C18H33N3O/c22-18(20-17-5-3-1-2-4-6-17)14-21-11-9-16(10-12-21)19-13-15-7-8-15/h15-17,19H,1-14H2,(H,20,22). The molecule has 2 saturated carbocycles. The van der Waals surface area contributed by atoms with Crippen molar-refractivity contribution in [2.24, 2.45) is 5.92 Å². The molecule has 22 heavy (non-hydrogen) atoms. The number of rotatable bonds is 6. The Bertz CT molecular complexity index is 340. The Balaban J connectivity index is 1.30. The van der Waals surface area contributed by atoms with Crippen LogP contribution in [0, 0.1) is 5.92 Å². The van der Waals surface area contributed by atoms with Gasteiger partial charge in [-0.15, -0.1) is 0 Å². The minimum Gasteiger partial charge on any atom is -0.352 e. The van der Waals surface area contributed by atoms with Gasteiger partial charge in [0, 0.05) is 25.2 Å². The summed E-state index contributed by atoms with van der Waals surface area (Å²) in [5.74, 6) is 1.21. The molecular formula is C18H33N3O. The molecule has 3 aliphatic rings. The van der Waals surface area contributed by atoms with Crippen molar-refractivity contribution in [2.75, 3.05) is 26.2 Å². The predicted molar refractivity (Wildman–Crippen MR) is 89.8 cm³/mol. The zero-order valence-corrected chi connectivity index (χ0v) is 14.0. The summed E-state index contributed by atoms with van der Waals surface area (Å²) in [6, 6.07) is 1.12. The van der Waals surface area contributed by atoms with Gasteiger partial charge >= 0.3 is 0 Å². The van der Waals surface area contributed by atoms with Crippen LogP contribution in [0.5, 0.6) is 0 Å². The highest BCUT2D eigenvalue weighted by Crippen LogP contribution is 2.28. The van der Waals surface area contributed by atoms with E-state index < -0.39 is 0 Å². The molecule has 0 spiro atoms. The number of carbonyl (C=O) groups is 1. The van der Waals surface area contributed by atoms with Crippen molar-refractivity contribution in [3.8, 4) is 0 Å². The Labute approximate surface area is 135 Å². The van der Waals surface area contributed by atoms with Crippen LogP contribution in [0.25, 0.3) is 0 Å². The van der Waals surface area contributed by atoms with Gasteiger partial charge < -0.3 is 10.6 Å². The summed E-state index contributed by atoms with van der Waals surface area (Å²) >= 11 is 0. The smallest absolute Gasteiger partial charge is 0.234 e. The lowest BCUT2D eigenvalue weighted by atomic mass is 10.0. The first-order valence-electron chi connectivity index (χ1n) is 9.55. The van der Waals surface area contributed by atoms with E-state index in [1.54, 1.807) is 0 Å². The van der Waals surface area contributed by atoms with E-state index in [0.29, 0.717) is 18.6 Å². The van der Waals surface area contributed by atoms with Crippen LogP contribution in [0.3, 0.4) is 0 Å². The summed E-state index contributed by atoms with van der Waals surface area (Å²) in [4.78, 5) is 14.6. The second kappa shape index (κ2) is 8.30. The van der Waals surface area contributed by atoms with Crippen LogP contribution in [0.2, 0.25) is 0 Å². The van der Waals surface area contributed by atoms with Crippen LogP contribution in [0.1, 0.15) is 64.2 Å². The highest BCUT2D eigenvalue weighted by molar-refractivity contribution is 5.78. The first-order chi connectivity index (χ1) is 10.8. The van der Waals surface area contributed by atoms with Crippen LogP contribution in [-0.2, 0) is 4.79 Å². The van der Waals surface area contributed by atoms with Gasteiger partial charge in [-0.25, -0.2) is 0 Å². The quantitative estimate of drug-likeness (QED) is 0.740. The molecule has 0 radical (unpaired) electrons. The first kappa shape index (κ1) is 16.3. The van der Waals surface area contributed by atoms with Crippen LogP contribution in [0.15, 0.2) is 0 Å². The molecule has 1 heterocycles. The van der Waals surface area contributed by atoms with Gasteiger partial charge in [0.2, 0.25) is 5.91 Å². The van der Waals surface area contributed by atoms with Crippen molar-refractivity contribution in [3.05, 3.63) is 0 Å². The van der Waals surface area contributed by atoms with E-state index in [-0.39, 0.29) is 5.91 Å². The molecule has 1 amide bonds. The van der Waals surface area contributed by atoms with Crippen molar-refractivity contribution in [1.29, 1.82) is 0 Å². The molecule has 3 rings (SSSR count). The number of piperidine rings is 1. The van der Waals surface area contributed by atoms with Crippen molar-refractivity contribution in [1.82, 2.24) is 15.5 Å². The Morgan fingerprint density at radius 2 is 1.55 bits per heavy atom. The minimum atomic E-state index is 0.247. The molecule has 0 unspecified atom stereocenters. The molecule has 0 aromatic heterocycles. The Morgan fingerprint density at radius 3 is 2.18 bits per heavy atom. The van der Waals surface area contributed by atoms with Gasteiger partial charge in [0.1, 0.15) is 0 Å². The van der Waals surface area contributed by atoms with E-state index in [0.717, 1.165) is 19.0 Å². The summed E-state index contributed by atoms with van der Waals surface area (Å²) in [5.41, 5.74) is 0. The lowest BCUT2D eigenvalue weighted by Crippen LogP contribution is -2.47. The molecule has 4 nitrogen and oxygen atoms in total. The predicted octanol–water partition coefficient (Wildman–Crippen LogP) is 2.29. The van der Waals surface area contributed by atoms with E-state index in [9.17, 15) is 4.79 Å². The number of likely N-dealkylation sites (tertiary alicyclic amines) is 1. The summed E-state index contributed by atoms with van der Waals surface area (Å²) in [6.45, 7) is 3.96. The number of hydrogen-bond acceptors (Lipinski definition) is 3. The van der Waals surface area contributed by atoms with Gasteiger partial charge in [0.25, 0.3) is 0 Å². The average Bonchev–Trinajstić information content (AvgIpc) is 3.34. The molecule has 0 aromatic carbocycles. The zero-order chi connectivity index (χ0) is 15.2. The van der Waals surface area contributed by atoms with Crippen LogP contribution in [-0.4, -0.2) is 49.1 Å². The number of nitrogens with one attached hydrogen (secondary N) is 2. The maximum atomic E-state index is 12.2. The highest BCUT2D eigenvalue weighted by Gasteiger charge is 2.25.